The second-order valence-electron chi connectivity index (χ2n) is 7.87. The van der Waals surface area contributed by atoms with Crippen molar-refractivity contribution < 1.29 is 9.47 Å². The van der Waals surface area contributed by atoms with Crippen molar-refractivity contribution in [3.05, 3.63) is 0 Å². The topological polar surface area (TPSA) is 30.5 Å². The summed E-state index contributed by atoms with van der Waals surface area (Å²) < 4.78 is 11.7. The maximum absolute atomic E-state index is 6.25. The number of hydrogen-bond acceptors (Lipinski definition) is 3. The summed E-state index contributed by atoms with van der Waals surface area (Å²) in [6, 6.07) is 0.500. The van der Waals surface area contributed by atoms with Crippen molar-refractivity contribution in [3.63, 3.8) is 0 Å². The van der Waals surface area contributed by atoms with E-state index in [0.717, 1.165) is 18.9 Å². The Hall–Kier alpha value is -0.120. The van der Waals surface area contributed by atoms with Crippen molar-refractivity contribution in [2.24, 2.45) is 11.3 Å². The fourth-order valence-corrected chi connectivity index (χ4v) is 3.20. The van der Waals surface area contributed by atoms with Crippen LogP contribution >= 0.6 is 0 Å². The Morgan fingerprint density at radius 1 is 1.14 bits per heavy atom. The zero-order valence-corrected chi connectivity index (χ0v) is 15.3. The van der Waals surface area contributed by atoms with Crippen molar-refractivity contribution >= 4 is 0 Å². The molecule has 0 aliphatic heterocycles. The number of hydrogen-bond donors (Lipinski definition) is 1. The number of ether oxygens (including phenoxy) is 2. The van der Waals surface area contributed by atoms with Crippen molar-refractivity contribution in [3.8, 4) is 0 Å². The summed E-state index contributed by atoms with van der Waals surface area (Å²) in [6.45, 7) is 12.1. The fourth-order valence-electron chi connectivity index (χ4n) is 3.20. The molecule has 0 radical (unpaired) electrons. The Bertz CT molecular complexity index is 302. The van der Waals surface area contributed by atoms with Gasteiger partial charge >= 0.3 is 0 Å². The zero-order chi connectivity index (χ0) is 16.1. The highest BCUT2D eigenvalue weighted by molar-refractivity contribution is 4.90. The van der Waals surface area contributed by atoms with Crippen molar-refractivity contribution in [2.75, 3.05) is 20.8 Å². The lowest BCUT2D eigenvalue weighted by atomic mass is 9.68. The normalized spacial score (nSPS) is 27.9. The minimum Gasteiger partial charge on any atom is -0.379 e. The van der Waals surface area contributed by atoms with Crippen LogP contribution in [0.25, 0.3) is 0 Å². The number of likely N-dealkylation sites (N-methyl/N-ethyl adjacent to an activating group) is 1. The second-order valence-corrected chi connectivity index (χ2v) is 7.87. The van der Waals surface area contributed by atoms with Crippen LogP contribution in [0.1, 0.15) is 66.7 Å². The Morgan fingerprint density at radius 2 is 1.81 bits per heavy atom. The van der Waals surface area contributed by atoms with Crippen LogP contribution in [0.4, 0.5) is 0 Å². The Morgan fingerprint density at radius 3 is 2.33 bits per heavy atom. The molecule has 3 unspecified atom stereocenters. The van der Waals surface area contributed by atoms with Crippen molar-refractivity contribution in [1.82, 2.24) is 5.32 Å². The molecule has 1 saturated carbocycles. The van der Waals surface area contributed by atoms with Crippen LogP contribution in [-0.2, 0) is 9.47 Å². The lowest BCUT2D eigenvalue weighted by molar-refractivity contribution is -0.0588. The molecular formula is C18H37NO2. The minimum atomic E-state index is -0.0914. The summed E-state index contributed by atoms with van der Waals surface area (Å²) in [5.41, 5.74) is 0.331. The van der Waals surface area contributed by atoms with Gasteiger partial charge in [0.05, 0.1) is 11.7 Å². The van der Waals surface area contributed by atoms with Crippen LogP contribution in [0.2, 0.25) is 0 Å². The molecule has 1 rings (SSSR count). The maximum atomic E-state index is 6.25. The highest BCUT2D eigenvalue weighted by Crippen LogP contribution is 2.41. The molecule has 0 amide bonds. The van der Waals surface area contributed by atoms with Gasteiger partial charge in [-0.05, 0) is 57.9 Å². The first kappa shape index (κ1) is 18.9. The van der Waals surface area contributed by atoms with Crippen molar-refractivity contribution in [2.45, 2.75) is 84.5 Å². The average molecular weight is 299 g/mol. The van der Waals surface area contributed by atoms with E-state index in [-0.39, 0.29) is 5.60 Å². The molecule has 3 atom stereocenters. The van der Waals surface area contributed by atoms with Crippen LogP contribution in [0, 0.1) is 11.3 Å². The van der Waals surface area contributed by atoms with Gasteiger partial charge in [0.1, 0.15) is 0 Å². The molecule has 1 aliphatic carbocycles. The molecule has 0 aromatic heterocycles. The van der Waals surface area contributed by atoms with Crippen LogP contribution < -0.4 is 5.32 Å². The number of methoxy groups -OCH3 is 1. The van der Waals surface area contributed by atoms with Gasteiger partial charge in [-0.3, -0.25) is 0 Å². The molecule has 0 aromatic rings. The predicted octanol–water partition coefficient (Wildman–Crippen LogP) is 4.01. The van der Waals surface area contributed by atoms with Gasteiger partial charge in [-0.1, -0.05) is 27.2 Å². The molecular weight excluding hydrogens is 262 g/mol. The summed E-state index contributed by atoms with van der Waals surface area (Å²) in [5, 5.41) is 3.45. The molecule has 3 nitrogen and oxygen atoms in total. The quantitative estimate of drug-likeness (QED) is 0.734. The first-order valence-corrected chi connectivity index (χ1v) is 8.59. The second kappa shape index (κ2) is 7.94. The molecule has 1 aliphatic rings. The number of rotatable bonds is 8. The van der Waals surface area contributed by atoms with Gasteiger partial charge < -0.3 is 14.8 Å². The monoisotopic (exact) mass is 299 g/mol. The molecule has 126 valence electrons. The van der Waals surface area contributed by atoms with E-state index in [1.807, 2.05) is 0 Å². The first-order valence-electron chi connectivity index (χ1n) is 8.59. The van der Waals surface area contributed by atoms with Crippen LogP contribution in [0.5, 0.6) is 0 Å². The molecule has 0 aromatic carbocycles. The summed E-state index contributed by atoms with van der Waals surface area (Å²) in [4.78, 5) is 0. The summed E-state index contributed by atoms with van der Waals surface area (Å²) >= 11 is 0. The van der Waals surface area contributed by atoms with E-state index in [0.29, 0.717) is 17.6 Å². The average Bonchev–Trinajstić information content (AvgIpc) is 2.47. The maximum Gasteiger partial charge on any atom is 0.0730 e. The summed E-state index contributed by atoms with van der Waals surface area (Å²) in [5.74, 6) is 0.771. The molecule has 0 saturated heterocycles. The van der Waals surface area contributed by atoms with Gasteiger partial charge in [-0.15, -0.1) is 0 Å². The van der Waals surface area contributed by atoms with Crippen LogP contribution in [0.3, 0.4) is 0 Å². The van der Waals surface area contributed by atoms with Gasteiger partial charge in [-0.25, -0.2) is 0 Å². The third-order valence-electron chi connectivity index (χ3n) is 5.77. The van der Waals surface area contributed by atoms with Gasteiger partial charge in [-0.2, -0.15) is 0 Å². The van der Waals surface area contributed by atoms with E-state index >= 15 is 0 Å². The van der Waals surface area contributed by atoms with Gasteiger partial charge in [0.2, 0.25) is 0 Å². The van der Waals surface area contributed by atoms with E-state index in [4.69, 9.17) is 9.47 Å². The standard InChI is InChI=1S/C18H37NO2/c1-8-17(2,3)14-9-10-15(19-6)16(13-14)21-12-11-18(4,5)20-7/h14-16,19H,8-13H2,1-7H3. The Balaban J connectivity index is 2.55. The number of nitrogens with one attached hydrogen (secondary N) is 1. The smallest absolute Gasteiger partial charge is 0.0730 e. The molecule has 0 spiro atoms. The lowest BCUT2D eigenvalue weighted by Gasteiger charge is -2.43. The van der Waals surface area contributed by atoms with Crippen LogP contribution in [0.15, 0.2) is 0 Å². The van der Waals surface area contributed by atoms with E-state index in [1.165, 1.54) is 25.7 Å². The van der Waals surface area contributed by atoms with Gasteiger partial charge in [0, 0.05) is 19.8 Å². The van der Waals surface area contributed by atoms with E-state index in [9.17, 15) is 0 Å². The van der Waals surface area contributed by atoms with Crippen molar-refractivity contribution in [1.29, 1.82) is 0 Å². The molecule has 0 bridgehead atoms. The largest absolute Gasteiger partial charge is 0.379 e. The fraction of sp³-hybridized carbons (Fsp3) is 1.00. The first-order chi connectivity index (χ1) is 9.75. The molecule has 1 fully saturated rings. The van der Waals surface area contributed by atoms with Crippen LogP contribution in [-0.4, -0.2) is 38.5 Å². The van der Waals surface area contributed by atoms with Gasteiger partial charge in [0.25, 0.3) is 0 Å². The van der Waals surface area contributed by atoms with E-state index < -0.39 is 0 Å². The third kappa shape index (κ3) is 5.54. The lowest BCUT2D eigenvalue weighted by Crippen LogP contribution is -2.47. The predicted molar refractivity (Wildman–Crippen MR) is 89.7 cm³/mol. The zero-order valence-electron chi connectivity index (χ0n) is 15.3. The highest BCUT2D eigenvalue weighted by atomic mass is 16.5. The molecule has 0 heterocycles. The van der Waals surface area contributed by atoms with Gasteiger partial charge in [0.15, 0.2) is 0 Å². The molecule has 1 N–H and O–H groups in total. The Labute approximate surface area is 132 Å². The molecule has 21 heavy (non-hydrogen) atoms. The van der Waals surface area contributed by atoms with E-state index in [2.05, 4.69) is 47.0 Å². The highest BCUT2D eigenvalue weighted by Gasteiger charge is 2.37. The molecule has 3 heteroatoms. The summed E-state index contributed by atoms with van der Waals surface area (Å²) in [6.07, 6.45) is 6.24. The summed E-state index contributed by atoms with van der Waals surface area (Å²) in [7, 11) is 3.84. The third-order valence-corrected chi connectivity index (χ3v) is 5.77. The Kier molecular flexibility index (Phi) is 7.15. The minimum absolute atomic E-state index is 0.0914. The van der Waals surface area contributed by atoms with E-state index in [1.54, 1.807) is 7.11 Å². The SMILES string of the molecule is CCC(C)(C)C1CCC(NC)C(OCCC(C)(C)OC)C1.